The number of pyridine rings is 1. The second kappa shape index (κ2) is 10.2. The predicted octanol–water partition coefficient (Wildman–Crippen LogP) is 5.33. The van der Waals surface area contributed by atoms with Crippen LogP contribution in [0.2, 0.25) is 0 Å². The van der Waals surface area contributed by atoms with Crippen molar-refractivity contribution in [2.75, 3.05) is 10.2 Å². The fraction of sp³-hybridized carbons (Fsp3) is 0.222. The van der Waals surface area contributed by atoms with Crippen molar-refractivity contribution in [3.05, 3.63) is 102 Å². The maximum atomic E-state index is 13.9. The highest BCUT2D eigenvalue weighted by molar-refractivity contribution is 6.07. The van der Waals surface area contributed by atoms with Gasteiger partial charge in [0, 0.05) is 23.6 Å². The minimum atomic E-state index is -4.56. The third-order valence-corrected chi connectivity index (χ3v) is 6.05. The van der Waals surface area contributed by atoms with E-state index >= 15 is 0 Å². The number of hydrogen-bond donors (Lipinski definition) is 2. The van der Waals surface area contributed by atoms with E-state index in [0.717, 1.165) is 6.08 Å². The first kappa shape index (κ1) is 24.9. The summed E-state index contributed by atoms with van der Waals surface area (Å²) in [5.74, 6) is -2.58. The van der Waals surface area contributed by atoms with E-state index in [0.29, 0.717) is 22.6 Å². The van der Waals surface area contributed by atoms with E-state index in [-0.39, 0.29) is 17.7 Å². The van der Waals surface area contributed by atoms with Gasteiger partial charge < -0.3 is 15.3 Å². The van der Waals surface area contributed by atoms with E-state index in [2.05, 4.69) is 10.3 Å². The highest BCUT2D eigenvalue weighted by Gasteiger charge is 2.50. The van der Waals surface area contributed by atoms with Gasteiger partial charge in [-0.25, -0.2) is 0 Å². The van der Waals surface area contributed by atoms with Crippen LogP contribution in [0.4, 0.5) is 24.5 Å². The van der Waals surface area contributed by atoms with E-state index in [9.17, 15) is 28.3 Å². The lowest BCUT2D eigenvalue weighted by atomic mass is 9.98. The molecule has 1 aliphatic heterocycles. The number of aliphatic hydroxyl groups excluding tert-OH is 1. The van der Waals surface area contributed by atoms with Crippen molar-refractivity contribution in [1.29, 1.82) is 5.26 Å². The molecule has 0 saturated carbocycles. The van der Waals surface area contributed by atoms with Gasteiger partial charge in [-0.2, -0.15) is 18.4 Å². The van der Waals surface area contributed by atoms with Crippen molar-refractivity contribution in [2.45, 2.75) is 31.7 Å². The Hall–Kier alpha value is -4.16. The monoisotopic (exact) mass is 492 g/mol. The van der Waals surface area contributed by atoms with Crippen LogP contribution in [0.15, 0.2) is 84.7 Å². The number of halogens is 3. The molecule has 2 aromatic carbocycles. The van der Waals surface area contributed by atoms with Crippen molar-refractivity contribution < 1.29 is 23.1 Å². The highest BCUT2D eigenvalue weighted by atomic mass is 19.4. The molecule has 0 aliphatic carbocycles. The van der Waals surface area contributed by atoms with Crippen LogP contribution in [-0.2, 0) is 4.79 Å². The standard InChI is InChI=1S/C27H23F3N4O2/c1-2-23-21(27(28,29)30)15-24(34(23)20-10-5-7-17(13-20)16-31)26(36)33-19-9-6-8-18(14-19)25(35)22-11-3-4-12-32-22/h3-15,21,23,25,35H,2H2,1H3,(H,33,36). The van der Waals surface area contributed by atoms with Gasteiger partial charge in [0.2, 0.25) is 0 Å². The molecule has 3 unspecified atom stereocenters. The maximum Gasteiger partial charge on any atom is 0.397 e. The molecule has 3 aromatic rings. The summed E-state index contributed by atoms with van der Waals surface area (Å²) >= 11 is 0. The van der Waals surface area contributed by atoms with Crippen LogP contribution in [0, 0.1) is 17.2 Å². The Kier molecular flexibility index (Phi) is 7.08. The lowest BCUT2D eigenvalue weighted by Gasteiger charge is -2.32. The molecule has 1 amide bonds. The van der Waals surface area contributed by atoms with Crippen LogP contribution in [0.5, 0.6) is 0 Å². The third-order valence-electron chi connectivity index (χ3n) is 6.05. The molecule has 6 nitrogen and oxygen atoms in total. The zero-order valence-corrected chi connectivity index (χ0v) is 19.3. The molecule has 4 rings (SSSR count). The van der Waals surface area contributed by atoms with Gasteiger partial charge >= 0.3 is 6.18 Å². The first-order valence-corrected chi connectivity index (χ1v) is 11.3. The molecule has 184 valence electrons. The van der Waals surface area contributed by atoms with Gasteiger partial charge in [0.05, 0.1) is 23.2 Å². The number of rotatable bonds is 6. The SMILES string of the molecule is CCC1C(C(F)(F)F)C=C(C(=O)Nc2cccc(C(O)c3ccccn3)c2)N1c1cccc(C#N)c1. The molecule has 0 spiro atoms. The lowest BCUT2D eigenvalue weighted by molar-refractivity contribution is -0.164. The van der Waals surface area contributed by atoms with Gasteiger partial charge in [0.25, 0.3) is 5.91 Å². The van der Waals surface area contributed by atoms with Gasteiger partial charge in [-0.3, -0.25) is 9.78 Å². The molecule has 2 heterocycles. The lowest BCUT2D eigenvalue weighted by Crippen LogP contribution is -2.41. The van der Waals surface area contributed by atoms with E-state index in [1.54, 1.807) is 73.8 Å². The summed E-state index contributed by atoms with van der Waals surface area (Å²) in [4.78, 5) is 18.8. The topological polar surface area (TPSA) is 89.2 Å². The van der Waals surface area contributed by atoms with Crippen molar-refractivity contribution in [3.8, 4) is 6.07 Å². The van der Waals surface area contributed by atoms with E-state index in [1.165, 1.54) is 11.0 Å². The summed E-state index contributed by atoms with van der Waals surface area (Å²) in [5.41, 5.74) is 1.63. The van der Waals surface area contributed by atoms with Crippen molar-refractivity contribution in [3.63, 3.8) is 0 Å². The Morgan fingerprint density at radius 2 is 1.94 bits per heavy atom. The smallest absolute Gasteiger partial charge is 0.382 e. The molecule has 0 saturated heterocycles. The number of anilines is 2. The first-order valence-electron chi connectivity index (χ1n) is 11.3. The number of hydrogen-bond acceptors (Lipinski definition) is 5. The van der Waals surface area contributed by atoms with Crippen LogP contribution >= 0.6 is 0 Å². The Labute approximate surface area is 206 Å². The molecular weight excluding hydrogens is 469 g/mol. The molecule has 2 N–H and O–H groups in total. The fourth-order valence-electron chi connectivity index (χ4n) is 4.38. The number of alkyl halides is 3. The number of carbonyl (C=O) groups is 1. The summed E-state index contributed by atoms with van der Waals surface area (Å²) in [5, 5.41) is 22.6. The Balaban J connectivity index is 1.66. The highest BCUT2D eigenvalue weighted by Crippen LogP contribution is 2.43. The summed E-state index contributed by atoms with van der Waals surface area (Å²) in [6.45, 7) is 1.63. The van der Waals surface area contributed by atoms with Crippen LogP contribution in [0.3, 0.4) is 0 Å². The summed E-state index contributed by atoms with van der Waals surface area (Å²) < 4.78 is 41.7. The van der Waals surface area contributed by atoms with E-state index in [4.69, 9.17) is 0 Å². The number of nitriles is 1. The Bertz CT molecular complexity index is 1320. The first-order chi connectivity index (χ1) is 17.2. The molecule has 1 aliphatic rings. The van der Waals surface area contributed by atoms with Crippen molar-refractivity contribution in [1.82, 2.24) is 4.98 Å². The van der Waals surface area contributed by atoms with Crippen LogP contribution < -0.4 is 10.2 Å². The molecule has 3 atom stereocenters. The van der Waals surface area contributed by atoms with Crippen LogP contribution in [-0.4, -0.2) is 28.2 Å². The molecule has 1 aromatic heterocycles. The number of nitrogens with zero attached hydrogens (tertiary/aromatic N) is 3. The number of carbonyl (C=O) groups excluding carboxylic acids is 1. The number of nitrogens with one attached hydrogen (secondary N) is 1. The van der Waals surface area contributed by atoms with Gasteiger partial charge in [-0.15, -0.1) is 0 Å². The molecule has 0 fully saturated rings. The van der Waals surface area contributed by atoms with Gasteiger partial charge in [-0.05, 0) is 60.5 Å². The predicted molar refractivity (Wildman–Crippen MR) is 129 cm³/mol. The second-order valence-electron chi connectivity index (χ2n) is 8.36. The van der Waals surface area contributed by atoms with E-state index in [1.807, 2.05) is 6.07 Å². The number of aliphatic hydroxyl groups is 1. The zero-order valence-electron chi connectivity index (χ0n) is 19.3. The Morgan fingerprint density at radius 1 is 1.17 bits per heavy atom. The molecule has 0 bridgehead atoms. The van der Waals surface area contributed by atoms with E-state index < -0.39 is 30.1 Å². The maximum absolute atomic E-state index is 13.9. The van der Waals surface area contributed by atoms with Gasteiger partial charge in [0.1, 0.15) is 11.8 Å². The molecular formula is C27H23F3N4O2. The van der Waals surface area contributed by atoms with Gasteiger partial charge in [-0.1, -0.05) is 31.2 Å². The summed E-state index contributed by atoms with van der Waals surface area (Å²) in [7, 11) is 0. The largest absolute Gasteiger partial charge is 0.397 e. The number of benzene rings is 2. The molecule has 0 radical (unpaired) electrons. The van der Waals surface area contributed by atoms with Crippen LogP contribution in [0.25, 0.3) is 0 Å². The molecule has 36 heavy (non-hydrogen) atoms. The van der Waals surface area contributed by atoms with Crippen LogP contribution in [0.1, 0.15) is 36.3 Å². The average Bonchev–Trinajstić information content (AvgIpc) is 3.30. The molecule has 9 heteroatoms. The third kappa shape index (κ3) is 5.09. The van der Waals surface area contributed by atoms with Gasteiger partial charge in [0.15, 0.2) is 0 Å². The Morgan fingerprint density at radius 3 is 2.61 bits per heavy atom. The number of aromatic nitrogens is 1. The average molecular weight is 493 g/mol. The minimum absolute atomic E-state index is 0.125. The normalized spacial score (nSPS) is 18.3. The minimum Gasteiger partial charge on any atom is -0.382 e. The fourth-order valence-corrected chi connectivity index (χ4v) is 4.38. The summed E-state index contributed by atoms with van der Waals surface area (Å²) in [6, 6.07) is 18.6. The number of amides is 1. The quantitative estimate of drug-likeness (QED) is 0.485. The second-order valence-corrected chi connectivity index (χ2v) is 8.36. The summed E-state index contributed by atoms with van der Waals surface area (Å²) in [6.07, 6.45) is -2.98. The van der Waals surface area contributed by atoms with Crippen molar-refractivity contribution >= 4 is 17.3 Å². The zero-order chi connectivity index (χ0) is 25.9. The van der Waals surface area contributed by atoms with Crippen molar-refractivity contribution in [2.24, 2.45) is 5.92 Å².